The van der Waals surface area contributed by atoms with E-state index in [2.05, 4.69) is 10.1 Å². The van der Waals surface area contributed by atoms with Gasteiger partial charge in [-0.1, -0.05) is 6.07 Å². The first kappa shape index (κ1) is 15.8. The van der Waals surface area contributed by atoms with E-state index in [1.165, 1.54) is 7.11 Å². The fraction of sp³-hybridized carbons (Fsp3) is 0.429. The first-order valence-corrected chi connectivity index (χ1v) is 6.10. The van der Waals surface area contributed by atoms with Gasteiger partial charge in [0.2, 0.25) is 0 Å². The van der Waals surface area contributed by atoms with Crippen LogP contribution in [0.15, 0.2) is 24.3 Å². The van der Waals surface area contributed by atoms with Crippen LogP contribution in [0, 0.1) is 0 Å². The minimum atomic E-state index is -0.566. The van der Waals surface area contributed by atoms with Crippen LogP contribution in [0.1, 0.15) is 20.8 Å². The Morgan fingerprint density at radius 1 is 1.25 bits per heavy atom. The molecular formula is C14H19NO5. The van der Waals surface area contributed by atoms with Crippen LogP contribution in [0.2, 0.25) is 0 Å². The van der Waals surface area contributed by atoms with Crippen LogP contribution < -0.4 is 10.1 Å². The molecule has 1 aromatic carbocycles. The van der Waals surface area contributed by atoms with Gasteiger partial charge in [-0.05, 0) is 32.9 Å². The Bertz CT molecular complexity index is 479. The van der Waals surface area contributed by atoms with Crippen molar-refractivity contribution in [2.75, 3.05) is 19.0 Å². The van der Waals surface area contributed by atoms with Gasteiger partial charge in [-0.3, -0.25) is 5.32 Å². The van der Waals surface area contributed by atoms with Crippen LogP contribution in [0.25, 0.3) is 0 Å². The largest absolute Gasteiger partial charge is 0.482 e. The summed E-state index contributed by atoms with van der Waals surface area (Å²) in [4.78, 5) is 22.6. The van der Waals surface area contributed by atoms with E-state index in [1.54, 1.807) is 45.0 Å². The molecule has 0 unspecified atom stereocenters. The number of amides is 1. The van der Waals surface area contributed by atoms with Crippen LogP contribution in [-0.4, -0.2) is 31.4 Å². The number of benzene rings is 1. The molecule has 0 saturated heterocycles. The molecule has 1 N–H and O–H groups in total. The fourth-order valence-corrected chi connectivity index (χ4v) is 1.29. The van der Waals surface area contributed by atoms with E-state index in [0.29, 0.717) is 11.4 Å². The highest BCUT2D eigenvalue weighted by Gasteiger charge is 2.16. The van der Waals surface area contributed by atoms with Gasteiger partial charge < -0.3 is 14.2 Å². The molecular weight excluding hydrogens is 262 g/mol. The summed E-state index contributed by atoms with van der Waals surface area (Å²) < 4.78 is 14.8. The number of methoxy groups -OCH3 is 1. The van der Waals surface area contributed by atoms with Crippen molar-refractivity contribution in [2.24, 2.45) is 0 Å². The zero-order chi connectivity index (χ0) is 15.2. The third-order valence-electron chi connectivity index (χ3n) is 2.06. The summed E-state index contributed by atoms with van der Waals surface area (Å²) in [5.74, 6) is -0.0283. The van der Waals surface area contributed by atoms with Crippen LogP contribution in [0.5, 0.6) is 5.75 Å². The second kappa shape index (κ2) is 6.79. The molecule has 1 amide bonds. The summed E-state index contributed by atoms with van der Waals surface area (Å²) in [5.41, 5.74) is -0.0510. The molecule has 1 rings (SSSR count). The maximum atomic E-state index is 11.6. The number of anilines is 1. The molecule has 6 heteroatoms. The number of hydrogen-bond acceptors (Lipinski definition) is 5. The van der Waals surface area contributed by atoms with Gasteiger partial charge in [0.05, 0.1) is 7.11 Å². The second-order valence-corrected chi connectivity index (χ2v) is 5.02. The average Bonchev–Trinajstić information content (AvgIpc) is 2.34. The molecule has 0 aliphatic carbocycles. The van der Waals surface area contributed by atoms with Gasteiger partial charge in [-0.15, -0.1) is 0 Å². The normalized spacial score (nSPS) is 10.6. The fourth-order valence-electron chi connectivity index (χ4n) is 1.29. The monoisotopic (exact) mass is 281 g/mol. The van der Waals surface area contributed by atoms with Gasteiger partial charge in [0, 0.05) is 11.8 Å². The topological polar surface area (TPSA) is 73.9 Å². The summed E-state index contributed by atoms with van der Waals surface area (Å²) in [6.07, 6.45) is -0.553. The van der Waals surface area contributed by atoms with E-state index >= 15 is 0 Å². The second-order valence-electron chi connectivity index (χ2n) is 5.02. The SMILES string of the molecule is COC(=O)COc1cccc(NC(=O)OC(C)(C)C)c1. The maximum absolute atomic E-state index is 11.6. The average molecular weight is 281 g/mol. The number of rotatable bonds is 4. The molecule has 0 bridgehead atoms. The molecule has 0 fully saturated rings. The van der Waals surface area contributed by atoms with Crippen LogP contribution in [-0.2, 0) is 14.3 Å². The smallest absolute Gasteiger partial charge is 0.412 e. The van der Waals surface area contributed by atoms with E-state index in [4.69, 9.17) is 9.47 Å². The summed E-state index contributed by atoms with van der Waals surface area (Å²) in [5, 5.41) is 2.58. The van der Waals surface area contributed by atoms with Crippen LogP contribution in [0.3, 0.4) is 0 Å². The Morgan fingerprint density at radius 3 is 2.55 bits per heavy atom. The summed E-state index contributed by atoms with van der Waals surface area (Å²) in [6.45, 7) is 5.15. The Kier molecular flexibility index (Phi) is 5.37. The van der Waals surface area contributed by atoms with Crippen LogP contribution >= 0.6 is 0 Å². The maximum Gasteiger partial charge on any atom is 0.412 e. The van der Waals surface area contributed by atoms with Crippen molar-refractivity contribution in [3.63, 3.8) is 0 Å². The minimum Gasteiger partial charge on any atom is -0.482 e. The van der Waals surface area contributed by atoms with E-state index in [0.717, 1.165) is 0 Å². The molecule has 0 atom stereocenters. The Morgan fingerprint density at radius 2 is 1.95 bits per heavy atom. The molecule has 0 aliphatic rings. The lowest BCUT2D eigenvalue weighted by atomic mass is 10.2. The highest BCUT2D eigenvalue weighted by atomic mass is 16.6. The van der Waals surface area contributed by atoms with Crippen molar-refractivity contribution >= 4 is 17.7 Å². The molecule has 6 nitrogen and oxygen atoms in total. The van der Waals surface area contributed by atoms with E-state index in [9.17, 15) is 9.59 Å². The third kappa shape index (κ3) is 6.08. The van der Waals surface area contributed by atoms with Crippen molar-refractivity contribution in [2.45, 2.75) is 26.4 Å². The van der Waals surface area contributed by atoms with E-state index in [-0.39, 0.29) is 6.61 Å². The van der Waals surface area contributed by atoms with Gasteiger partial charge in [0.1, 0.15) is 11.4 Å². The summed E-state index contributed by atoms with van der Waals surface area (Å²) >= 11 is 0. The van der Waals surface area contributed by atoms with Crippen LogP contribution in [0.4, 0.5) is 10.5 Å². The molecule has 0 aromatic heterocycles. The van der Waals surface area contributed by atoms with Crippen molar-refractivity contribution in [1.82, 2.24) is 0 Å². The first-order valence-electron chi connectivity index (χ1n) is 6.10. The quantitative estimate of drug-likeness (QED) is 0.859. The highest BCUT2D eigenvalue weighted by molar-refractivity contribution is 5.85. The highest BCUT2D eigenvalue weighted by Crippen LogP contribution is 2.18. The zero-order valence-electron chi connectivity index (χ0n) is 12.1. The molecule has 0 heterocycles. The Balaban J connectivity index is 2.59. The Labute approximate surface area is 118 Å². The number of carbonyl (C=O) groups excluding carboxylic acids is 2. The lowest BCUT2D eigenvalue weighted by Crippen LogP contribution is -2.27. The molecule has 110 valence electrons. The van der Waals surface area contributed by atoms with Gasteiger partial charge >= 0.3 is 12.1 Å². The van der Waals surface area contributed by atoms with E-state index < -0.39 is 17.7 Å². The predicted octanol–water partition coefficient (Wildman–Crippen LogP) is 2.59. The molecule has 0 radical (unpaired) electrons. The number of carbonyl (C=O) groups is 2. The molecule has 20 heavy (non-hydrogen) atoms. The van der Waals surface area contributed by atoms with Gasteiger partial charge in [-0.2, -0.15) is 0 Å². The summed E-state index contributed by atoms with van der Waals surface area (Å²) in [7, 11) is 1.28. The summed E-state index contributed by atoms with van der Waals surface area (Å²) in [6, 6.07) is 6.64. The number of nitrogens with one attached hydrogen (secondary N) is 1. The van der Waals surface area contributed by atoms with Crippen molar-refractivity contribution in [1.29, 1.82) is 0 Å². The van der Waals surface area contributed by atoms with Crippen molar-refractivity contribution < 1.29 is 23.8 Å². The number of hydrogen-bond donors (Lipinski definition) is 1. The van der Waals surface area contributed by atoms with Gasteiger partial charge in [-0.25, -0.2) is 9.59 Å². The van der Waals surface area contributed by atoms with Gasteiger partial charge in [0.25, 0.3) is 0 Å². The van der Waals surface area contributed by atoms with E-state index in [1.807, 2.05) is 0 Å². The molecule has 1 aromatic rings. The van der Waals surface area contributed by atoms with Crippen molar-refractivity contribution in [3.05, 3.63) is 24.3 Å². The van der Waals surface area contributed by atoms with Crippen molar-refractivity contribution in [3.8, 4) is 5.75 Å². The standard InChI is InChI=1S/C14H19NO5/c1-14(2,3)20-13(17)15-10-6-5-7-11(8-10)19-9-12(16)18-4/h5-8H,9H2,1-4H3,(H,15,17). The minimum absolute atomic E-state index is 0.188. The number of ether oxygens (including phenoxy) is 3. The lowest BCUT2D eigenvalue weighted by Gasteiger charge is -2.19. The molecule has 0 spiro atoms. The molecule has 0 aliphatic heterocycles. The molecule has 0 saturated carbocycles. The lowest BCUT2D eigenvalue weighted by molar-refractivity contribution is -0.142. The van der Waals surface area contributed by atoms with Gasteiger partial charge in [0.15, 0.2) is 6.61 Å². The Hall–Kier alpha value is -2.24. The number of esters is 1. The zero-order valence-corrected chi connectivity index (χ0v) is 12.1. The predicted molar refractivity (Wildman–Crippen MR) is 73.8 cm³/mol. The first-order chi connectivity index (χ1) is 9.30. The third-order valence-corrected chi connectivity index (χ3v) is 2.06.